The summed E-state index contributed by atoms with van der Waals surface area (Å²) in [6, 6.07) is -0.627. The van der Waals surface area contributed by atoms with Crippen molar-refractivity contribution in [3.05, 3.63) is 18.2 Å². The summed E-state index contributed by atoms with van der Waals surface area (Å²) in [6.45, 7) is 5.04. The summed E-state index contributed by atoms with van der Waals surface area (Å²) in [5, 5.41) is 9.41. The van der Waals surface area contributed by atoms with E-state index in [1.807, 2.05) is 18.4 Å². The molecule has 0 radical (unpaired) electrons. The Morgan fingerprint density at radius 3 is 2.76 bits per heavy atom. The van der Waals surface area contributed by atoms with Gasteiger partial charge in [-0.3, -0.25) is 4.79 Å². The van der Waals surface area contributed by atoms with E-state index in [1.54, 1.807) is 17.4 Å². The molecule has 7 nitrogen and oxygen atoms in total. The molecule has 0 aromatic carbocycles. The van der Waals surface area contributed by atoms with Crippen molar-refractivity contribution in [2.24, 2.45) is 0 Å². The Hall–Kier alpha value is -1.89. The van der Waals surface area contributed by atoms with E-state index in [0.29, 0.717) is 12.2 Å². The van der Waals surface area contributed by atoms with Gasteiger partial charge in [0.1, 0.15) is 12.6 Å². The van der Waals surface area contributed by atoms with Crippen LogP contribution in [0.4, 0.5) is 0 Å². The Morgan fingerprint density at radius 2 is 2.14 bits per heavy atom. The smallest absolute Gasteiger partial charge is 0.335 e. The minimum absolute atomic E-state index is 0.177. The minimum atomic E-state index is -1.06. The molecule has 1 N–H and O–H groups in total. The number of carboxylic acids is 1. The first-order valence-electron chi connectivity index (χ1n) is 7.24. The van der Waals surface area contributed by atoms with E-state index in [-0.39, 0.29) is 12.5 Å². The SMILES string of the molecule is CCCN1C(=O)COC(C(=O)O)C1c1cncn1CCC. The molecule has 7 heteroatoms. The summed E-state index contributed by atoms with van der Waals surface area (Å²) in [5.74, 6) is -1.23. The minimum Gasteiger partial charge on any atom is -0.479 e. The molecule has 1 aromatic heterocycles. The summed E-state index contributed by atoms with van der Waals surface area (Å²) >= 11 is 0. The average Bonchev–Trinajstić information content (AvgIpc) is 2.89. The Morgan fingerprint density at radius 1 is 1.43 bits per heavy atom. The number of nitrogens with zero attached hydrogens (tertiary/aromatic N) is 3. The second kappa shape index (κ2) is 6.71. The maximum absolute atomic E-state index is 12.1. The predicted molar refractivity (Wildman–Crippen MR) is 74.6 cm³/mol. The van der Waals surface area contributed by atoms with Crippen LogP contribution in [-0.4, -0.2) is 50.7 Å². The fourth-order valence-electron chi connectivity index (χ4n) is 2.68. The first kappa shape index (κ1) is 15.5. The van der Waals surface area contributed by atoms with Gasteiger partial charge in [-0.2, -0.15) is 0 Å². The second-order valence-electron chi connectivity index (χ2n) is 5.11. The molecule has 0 bridgehead atoms. The third kappa shape index (κ3) is 3.07. The van der Waals surface area contributed by atoms with Crippen molar-refractivity contribution in [3.8, 4) is 0 Å². The van der Waals surface area contributed by atoms with Crippen molar-refractivity contribution in [1.82, 2.24) is 14.5 Å². The first-order chi connectivity index (χ1) is 10.1. The number of aliphatic carboxylic acids is 1. The zero-order valence-electron chi connectivity index (χ0n) is 12.4. The largest absolute Gasteiger partial charge is 0.479 e. The van der Waals surface area contributed by atoms with Crippen LogP contribution >= 0.6 is 0 Å². The van der Waals surface area contributed by atoms with Gasteiger partial charge in [-0.05, 0) is 12.8 Å². The van der Waals surface area contributed by atoms with Gasteiger partial charge >= 0.3 is 5.97 Å². The zero-order valence-corrected chi connectivity index (χ0v) is 12.4. The molecule has 1 aliphatic rings. The fraction of sp³-hybridized carbons (Fsp3) is 0.643. The number of carboxylic acid groups (broad SMARTS) is 1. The summed E-state index contributed by atoms with van der Waals surface area (Å²) in [7, 11) is 0. The van der Waals surface area contributed by atoms with Crippen molar-refractivity contribution in [1.29, 1.82) is 0 Å². The number of aryl methyl sites for hydroxylation is 1. The number of amides is 1. The molecule has 2 rings (SSSR count). The molecule has 0 saturated carbocycles. The molecular formula is C14H21N3O4. The van der Waals surface area contributed by atoms with Crippen LogP contribution in [0.5, 0.6) is 0 Å². The van der Waals surface area contributed by atoms with E-state index in [2.05, 4.69) is 4.98 Å². The third-order valence-corrected chi connectivity index (χ3v) is 3.55. The van der Waals surface area contributed by atoms with Gasteiger partial charge in [0.25, 0.3) is 0 Å². The topological polar surface area (TPSA) is 84.7 Å². The number of carbonyl (C=O) groups excluding carboxylic acids is 1. The van der Waals surface area contributed by atoms with E-state index in [4.69, 9.17) is 4.74 Å². The van der Waals surface area contributed by atoms with Crippen molar-refractivity contribution in [2.75, 3.05) is 13.2 Å². The van der Waals surface area contributed by atoms with Crippen LogP contribution in [-0.2, 0) is 20.9 Å². The van der Waals surface area contributed by atoms with Gasteiger partial charge in [-0.25, -0.2) is 9.78 Å². The molecular weight excluding hydrogens is 274 g/mol. The Labute approximate surface area is 123 Å². The van der Waals surface area contributed by atoms with Gasteiger partial charge in [0.15, 0.2) is 6.10 Å². The van der Waals surface area contributed by atoms with E-state index in [0.717, 1.165) is 19.4 Å². The lowest BCUT2D eigenvalue weighted by Crippen LogP contribution is -2.52. The van der Waals surface area contributed by atoms with Gasteiger partial charge in [-0.1, -0.05) is 13.8 Å². The van der Waals surface area contributed by atoms with Gasteiger partial charge < -0.3 is 19.3 Å². The van der Waals surface area contributed by atoms with E-state index in [9.17, 15) is 14.7 Å². The highest BCUT2D eigenvalue weighted by Gasteiger charge is 2.42. The van der Waals surface area contributed by atoms with Crippen molar-refractivity contribution >= 4 is 11.9 Å². The van der Waals surface area contributed by atoms with Crippen LogP contribution in [0.1, 0.15) is 38.4 Å². The lowest BCUT2D eigenvalue weighted by molar-refractivity contribution is -0.173. The molecule has 1 aliphatic heterocycles. The molecule has 1 saturated heterocycles. The number of hydrogen-bond donors (Lipinski definition) is 1. The molecule has 1 amide bonds. The highest BCUT2D eigenvalue weighted by Crippen LogP contribution is 2.30. The molecule has 1 aromatic rings. The fourth-order valence-corrected chi connectivity index (χ4v) is 2.68. The monoisotopic (exact) mass is 295 g/mol. The number of carbonyl (C=O) groups is 2. The van der Waals surface area contributed by atoms with Gasteiger partial charge in [-0.15, -0.1) is 0 Å². The van der Waals surface area contributed by atoms with Crippen LogP contribution in [0, 0.1) is 0 Å². The lowest BCUT2D eigenvalue weighted by Gasteiger charge is -2.39. The number of aromatic nitrogens is 2. The van der Waals surface area contributed by atoms with E-state index in [1.165, 1.54) is 0 Å². The molecule has 2 unspecified atom stereocenters. The first-order valence-corrected chi connectivity index (χ1v) is 7.24. The summed E-state index contributed by atoms with van der Waals surface area (Å²) in [6.07, 6.45) is 3.90. The van der Waals surface area contributed by atoms with Crippen molar-refractivity contribution < 1.29 is 19.4 Å². The predicted octanol–water partition coefficient (Wildman–Crippen LogP) is 1.06. The van der Waals surface area contributed by atoms with Gasteiger partial charge in [0.2, 0.25) is 5.91 Å². The van der Waals surface area contributed by atoms with E-state index >= 15 is 0 Å². The number of hydrogen-bond acceptors (Lipinski definition) is 4. The average molecular weight is 295 g/mol. The Bertz CT molecular complexity index is 514. The third-order valence-electron chi connectivity index (χ3n) is 3.55. The number of imidazole rings is 1. The molecule has 0 spiro atoms. The Balaban J connectivity index is 2.41. The standard InChI is InChI=1S/C14H21N3O4/c1-3-5-16-9-15-7-10(16)12-13(14(19)20)21-8-11(18)17(12)6-4-2/h7,9,12-13H,3-6,8H2,1-2H3,(H,19,20). The molecule has 21 heavy (non-hydrogen) atoms. The Kier molecular flexibility index (Phi) is 4.95. The summed E-state index contributed by atoms with van der Waals surface area (Å²) in [5.41, 5.74) is 0.714. The number of ether oxygens (including phenoxy) is 1. The quantitative estimate of drug-likeness (QED) is 0.848. The van der Waals surface area contributed by atoms with Crippen LogP contribution in [0.15, 0.2) is 12.5 Å². The van der Waals surface area contributed by atoms with Crippen LogP contribution < -0.4 is 0 Å². The summed E-state index contributed by atoms with van der Waals surface area (Å²) < 4.78 is 7.16. The highest BCUT2D eigenvalue weighted by molar-refractivity contribution is 5.82. The molecule has 0 aliphatic carbocycles. The highest BCUT2D eigenvalue weighted by atomic mass is 16.5. The van der Waals surface area contributed by atoms with E-state index < -0.39 is 18.1 Å². The maximum Gasteiger partial charge on any atom is 0.335 e. The summed E-state index contributed by atoms with van der Waals surface area (Å²) in [4.78, 5) is 29.3. The molecule has 2 heterocycles. The van der Waals surface area contributed by atoms with Gasteiger partial charge in [0.05, 0.1) is 18.2 Å². The van der Waals surface area contributed by atoms with Crippen LogP contribution in [0.2, 0.25) is 0 Å². The molecule has 1 fully saturated rings. The van der Waals surface area contributed by atoms with Crippen molar-refractivity contribution in [2.45, 2.75) is 45.4 Å². The molecule has 2 atom stereocenters. The zero-order chi connectivity index (χ0) is 15.4. The van der Waals surface area contributed by atoms with Crippen LogP contribution in [0.3, 0.4) is 0 Å². The van der Waals surface area contributed by atoms with Crippen LogP contribution in [0.25, 0.3) is 0 Å². The second-order valence-corrected chi connectivity index (χ2v) is 5.11. The van der Waals surface area contributed by atoms with Gasteiger partial charge in [0, 0.05) is 13.1 Å². The number of rotatable bonds is 6. The van der Waals surface area contributed by atoms with Crippen molar-refractivity contribution in [3.63, 3.8) is 0 Å². The maximum atomic E-state index is 12.1. The normalized spacial score (nSPS) is 22.6. The lowest BCUT2D eigenvalue weighted by atomic mass is 10.0. The molecule has 116 valence electrons. The number of morpholine rings is 1.